The lowest BCUT2D eigenvalue weighted by molar-refractivity contribution is 1.21. The molecule has 1 aromatic rings. The smallest absolute Gasteiger partial charge is 0.0622 e. The van der Waals surface area contributed by atoms with Gasteiger partial charge in [-0.2, -0.15) is 0 Å². The van der Waals surface area contributed by atoms with Gasteiger partial charge in [-0.1, -0.05) is 40.6 Å². The topological polar surface area (TPSA) is 97.5 Å². The summed E-state index contributed by atoms with van der Waals surface area (Å²) in [7, 11) is 0. The van der Waals surface area contributed by atoms with Crippen molar-refractivity contribution >= 4 is 6.08 Å². The fourth-order valence-corrected chi connectivity index (χ4v) is 0.868. The van der Waals surface area contributed by atoms with Crippen LogP contribution < -0.4 is 0 Å². The van der Waals surface area contributed by atoms with Crippen molar-refractivity contribution in [2.75, 3.05) is 0 Å². The summed E-state index contributed by atoms with van der Waals surface area (Å²) in [4.78, 5) is 5.09. The summed E-state index contributed by atoms with van der Waals surface area (Å²) in [6.07, 6.45) is 1.50. The van der Waals surface area contributed by atoms with Crippen molar-refractivity contribution in [2.24, 2.45) is 10.2 Å². The first kappa shape index (κ1) is 9.67. The summed E-state index contributed by atoms with van der Waals surface area (Å²) in [5, 5.41) is 6.46. The summed E-state index contributed by atoms with van der Waals surface area (Å²) < 4.78 is 0. The van der Waals surface area contributed by atoms with Gasteiger partial charge >= 0.3 is 0 Å². The number of azide groups is 1. The molecular formula is C8H6N6. The van der Waals surface area contributed by atoms with E-state index >= 15 is 0 Å². The van der Waals surface area contributed by atoms with Gasteiger partial charge in [0.25, 0.3) is 0 Å². The van der Waals surface area contributed by atoms with Gasteiger partial charge in [-0.05, 0) is 22.7 Å². The molecule has 1 rings (SSSR count). The molecule has 0 unspecified atom stereocenters. The fourth-order valence-electron chi connectivity index (χ4n) is 0.868. The molecule has 0 bridgehead atoms. The van der Waals surface area contributed by atoms with E-state index < -0.39 is 0 Å². The third kappa shape index (κ3) is 2.91. The van der Waals surface area contributed by atoms with Crippen molar-refractivity contribution in [1.29, 1.82) is 0 Å². The summed E-state index contributed by atoms with van der Waals surface area (Å²) >= 11 is 0. The normalized spacial score (nSPS) is 8.00. The van der Waals surface area contributed by atoms with E-state index in [1.54, 1.807) is 12.1 Å². The minimum Gasteiger partial charge on any atom is -0.0622 e. The third-order valence-electron chi connectivity index (χ3n) is 1.39. The molecule has 68 valence electrons. The number of hydrogen-bond donors (Lipinski definition) is 0. The molecular weight excluding hydrogens is 180 g/mol. The van der Waals surface area contributed by atoms with Gasteiger partial charge in [-0.3, -0.25) is 0 Å². The average Bonchev–Trinajstić information content (AvgIpc) is 2.20. The Morgan fingerprint density at radius 3 is 2.14 bits per heavy atom. The van der Waals surface area contributed by atoms with Crippen molar-refractivity contribution in [3.63, 3.8) is 0 Å². The van der Waals surface area contributed by atoms with E-state index in [-0.39, 0.29) is 5.82 Å². The lowest BCUT2D eigenvalue weighted by Gasteiger charge is -1.91. The van der Waals surface area contributed by atoms with Crippen molar-refractivity contribution in [3.05, 3.63) is 62.6 Å². The molecule has 14 heavy (non-hydrogen) atoms. The molecule has 6 heteroatoms. The molecule has 6 nitrogen and oxygen atoms in total. The fraction of sp³-hybridized carbons (Fsp3) is 0. The Hall–Kier alpha value is -2.42. The lowest BCUT2D eigenvalue weighted by Crippen LogP contribution is -1.72. The van der Waals surface area contributed by atoms with Gasteiger partial charge in [-0.15, -0.1) is 0 Å². The van der Waals surface area contributed by atoms with Gasteiger partial charge in [0.1, 0.15) is 5.82 Å². The molecule has 0 aliphatic carbocycles. The molecule has 0 aliphatic heterocycles. The van der Waals surface area contributed by atoms with Gasteiger partial charge in [-0.25, -0.2) is 0 Å². The highest BCUT2D eigenvalue weighted by Gasteiger charge is 1.89. The van der Waals surface area contributed by atoms with Crippen LogP contribution in [0.2, 0.25) is 0 Å². The standard InChI is InChI=1S/C8H6N6/c9-13-11-8(12-14-10)6-7-4-2-1-3-5-7/h1-6H. The summed E-state index contributed by atoms with van der Waals surface area (Å²) in [5.41, 5.74) is 17.2. The van der Waals surface area contributed by atoms with Crippen LogP contribution >= 0.6 is 0 Å². The monoisotopic (exact) mass is 186 g/mol. The Bertz CT molecular complexity index is 402. The second-order valence-corrected chi connectivity index (χ2v) is 2.29. The van der Waals surface area contributed by atoms with Crippen LogP contribution in [0.15, 0.2) is 46.4 Å². The molecule has 0 heterocycles. The number of hydrogen-bond acceptors (Lipinski definition) is 2. The van der Waals surface area contributed by atoms with E-state index in [0.29, 0.717) is 0 Å². The Labute approximate surface area is 79.7 Å². The van der Waals surface area contributed by atoms with Crippen LogP contribution in [0.4, 0.5) is 0 Å². The van der Waals surface area contributed by atoms with E-state index in [1.807, 2.05) is 18.2 Å². The molecule has 0 atom stereocenters. The van der Waals surface area contributed by atoms with E-state index in [1.165, 1.54) is 6.08 Å². The average molecular weight is 186 g/mol. The second-order valence-electron chi connectivity index (χ2n) is 2.29. The van der Waals surface area contributed by atoms with Crippen molar-refractivity contribution in [2.45, 2.75) is 0 Å². The van der Waals surface area contributed by atoms with Crippen molar-refractivity contribution in [3.8, 4) is 0 Å². The molecule has 0 saturated heterocycles. The minimum absolute atomic E-state index is 0.00111. The van der Waals surface area contributed by atoms with Crippen molar-refractivity contribution in [1.82, 2.24) is 0 Å². The largest absolute Gasteiger partial charge is 0.101 e. The number of rotatable bonds is 3. The molecule has 0 aromatic heterocycles. The van der Waals surface area contributed by atoms with Crippen LogP contribution in [0.3, 0.4) is 0 Å². The van der Waals surface area contributed by atoms with Crippen LogP contribution in [0.5, 0.6) is 0 Å². The van der Waals surface area contributed by atoms with Gasteiger partial charge in [0, 0.05) is 9.82 Å². The van der Waals surface area contributed by atoms with Gasteiger partial charge in [0.2, 0.25) is 0 Å². The van der Waals surface area contributed by atoms with Crippen LogP contribution in [0, 0.1) is 0 Å². The highest BCUT2D eigenvalue weighted by Crippen LogP contribution is 2.08. The maximum absolute atomic E-state index is 8.18. The zero-order valence-electron chi connectivity index (χ0n) is 7.15. The summed E-state index contributed by atoms with van der Waals surface area (Å²) in [6, 6.07) is 9.13. The maximum Gasteiger partial charge on any atom is 0.101 e. The van der Waals surface area contributed by atoms with Gasteiger partial charge < -0.3 is 0 Å². The highest BCUT2D eigenvalue weighted by atomic mass is 15.3. The summed E-state index contributed by atoms with van der Waals surface area (Å²) in [5.74, 6) is 0.00111. The first-order valence-electron chi connectivity index (χ1n) is 3.74. The zero-order chi connectivity index (χ0) is 10.2. The molecule has 0 fully saturated rings. The first-order chi connectivity index (χ1) is 6.86. The molecule has 0 radical (unpaired) electrons. The molecule has 1 aromatic carbocycles. The molecule has 0 N–H and O–H groups in total. The van der Waals surface area contributed by atoms with Crippen LogP contribution in [-0.4, -0.2) is 0 Å². The minimum atomic E-state index is 0.00111. The Morgan fingerprint density at radius 1 is 1.07 bits per heavy atom. The van der Waals surface area contributed by atoms with Crippen molar-refractivity contribution < 1.29 is 0 Å². The lowest BCUT2D eigenvalue weighted by atomic mass is 10.2. The third-order valence-corrected chi connectivity index (χ3v) is 1.39. The molecule has 0 spiro atoms. The molecule has 0 aliphatic rings. The van der Waals surface area contributed by atoms with Crippen LogP contribution in [0.1, 0.15) is 5.56 Å². The Morgan fingerprint density at radius 2 is 1.64 bits per heavy atom. The first-order valence-corrected chi connectivity index (χ1v) is 3.74. The van der Waals surface area contributed by atoms with E-state index in [2.05, 4.69) is 20.1 Å². The SMILES string of the molecule is [N-]=[N+]=NC(=Cc1ccccc1)N=[N+]=[N-]. The molecule has 0 saturated carbocycles. The molecule has 0 amide bonds. The Kier molecular flexibility index (Phi) is 3.64. The van der Waals surface area contributed by atoms with Crippen LogP contribution in [-0.2, 0) is 0 Å². The number of benzene rings is 1. The Balaban J connectivity index is 3.05. The summed E-state index contributed by atoms with van der Waals surface area (Å²) in [6.45, 7) is 0. The second kappa shape index (κ2) is 5.27. The van der Waals surface area contributed by atoms with E-state index in [4.69, 9.17) is 11.1 Å². The maximum atomic E-state index is 8.18. The predicted molar refractivity (Wildman–Crippen MR) is 52.7 cm³/mol. The van der Waals surface area contributed by atoms with Crippen LogP contribution in [0.25, 0.3) is 27.0 Å². The van der Waals surface area contributed by atoms with E-state index in [9.17, 15) is 0 Å². The van der Waals surface area contributed by atoms with E-state index in [0.717, 1.165) is 5.56 Å². The zero-order valence-corrected chi connectivity index (χ0v) is 7.15. The van der Waals surface area contributed by atoms with Gasteiger partial charge in [0.15, 0.2) is 0 Å². The van der Waals surface area contributed by atoms with Gasteiger partial charge in [0.05, 0.1) is 0 Å². The highest BCUT2D eigenvalue weighted by molar-refractivity contribution is 5.51. The predicted octanol–water partition coefficient (Wildman–Crippen LogP) is 3.61. The quantitative estimate of drug-likeness (QED) is 0.391. The number of nitrogens with zero attached hydrogens (tertiary/aromatic N) is 6.